The number of hydrogen-bond acceptors (Lipinski definition) is 5. The van der Waals surface area contributed by atoms with E-state index in [1.54, 1.807) is 6.08 Å². The van der Waals surface area contributed by atoms with Crippen molar-refractivity contribution in [2.75, 3.05) is 20.8 Å². The molecule has 24 heavy (non-hydrogen) atoms. The zero-order valence-corrected chi connectivity index (χ0v) is 14.7. The normalized spacial score (nSPS) is 21.3. The van der Waals surface area contributed by atoms with Crippen LogP contribution in [0.5, 0.6) is 11.5 Å². The summed E-state index contributed by atoms with van der Waals surface area (Å²) < 4.78 is 10.3. The molecule has 0 saturated carbocycles. The van der Waals surface area contributed by atoms with Crippen molar-refractivity contribution in [1.82, 2.24) is 4.90 Å². The Morgan fingerprint density at radius 3 is 2.83 bits per heavy atom. The van der Waals surface area contributed by atoms with Crippen LogP contribution in [0.4, 0.5) is 0 Å². The summed E-state index contributed by atoms with van der Waals surface area (Å²) in [4.78, 5) is 14.3. The van der Waals surface area contributed by atoms with Crippen molar-refractivity contribution in [2.45, 2.75) is 38.8 Å². The Hall–Kier alpha value is -2.01. The van der Waals surface area contributed by atoms with Crippen LogP contribution in [-0.4, -0.2) is 42.8 Å². The summed E-state index contributed by atoms with van der Waals surface area (Å²) in [7, 11) is 2.97. The van der Waals surface area contributed by atoms with E-state index in [-0.39, 0.29) is 17.8 Å². The number of phenolic OH excluding ortho intramolecular Hbond substituents is 1. The highest BCUT2D eigenvalue weighted by Crippen LogP contribution is 2.33. The number of nitrogens with zero attached hydrogens (tertiary/aromatic N) is 1. The predicted molar refractivity (Wildman–Crippen MR) is 93.2 cm³/mol. The molecule has 0 bridgehead atoms. The molecule has 1 saturated heterocycles. The number of esters is 1. The van der Waals surface area contributed by atoms with Gasteiger partial charge in [0.2, 0.25) is 0 Å². The number of aromatic hydroxyl groups is 1. The van der Waals surface area contributed by atoms with Crippen LogP contribution >= 0.6 is 0 Å². The summed E-state index contributed by atoms with van der Waals surface area (Å²) in [6.07, 6.45) is 4.18. The van der Waals surface area contributed by atoms with Crippen LogP contribution < -0.4 is 4.74 Å². The lowest BCUT2D eigenvalue weighted by molar-refractivity contribution is -0.149. The van der Waals surface area contributed by atoms with Crippen LogP contribution in [0.2, 0.25) is 0 Å². The van der Waals surface area contributed by atoms with E-state index in [1.165, 1.54) is 14.2 Å². The SMILES string of the molecule is C=CCc1cc(CN2CC[C@H](C)C[C@@H]2C(=O)OC)cc(OC)c1O. The molecule has 0 amide bonds. The van der Waals surface area contributed by atoms with Crippen molar-refractivity contribution in [2.24, 2.45) is 5.92 Å². The summed E-state index contributed by atoms with van der Waals surface area (Å²) in [6, 6.07) is 3.56. The van der Waals surface area contributed by atoms with Crippen LogP contribution in [-0.2, 0) is 22.5 Å². The molecule has 5 heteroatoms. The fourth-order valence-electron chi connectivity index (χ4n) is 3.28. The first-order valence-electron chi connectivity index (χ1n) is 8.31. The van der Waals surface area contributed by atoms with Crippen LogP contribution in [0.15, 0.2) is 24.8 Å². The van der Waals surface area contributed by atoms with Gasteiger partial charge in [0, 0.05) is 12.1 Å². The highest BCUT2D eigenvalue weighted by Gasteiger charge is 2.32. The molecule has 2 atom stereocenters. The van der Waals surface area contributed by atoms with E-state index >= 15 is 0 Å². The van der Waals surface area contributed by atoms with Crippen molar-refractivity contribution in [1.29, 1.82) is 0 Å². The summed E-state index contributed by atoms with van der Waals surface area (Å²) >= 11 is 0. The van der Waals surface area contributed by atoms with Crippen molar-refractivity contribution in [3.63, 3.8) is 0 Å². The molecule has 1 heterocycles. The quantitative estimate of drug-likeness (QED) is 0.641. The summed E-state index contributed by atoms with van der Waals surface area (Å²) in [5.74, 6) is 0.928. The average Bonchev–Trinajstić information content (AvgIpc) is 2.58. The lowest BCUT2D eigenvalue weighted by Crippen LogP contribution is -2.46. The number of carbonyl (C=O) groups is 1. The summed E-state index contributed by atoms with van der Waals surface area (Å²) in [6.45, 7) is 7.36. The van der Waals surface area contributed by atoms with E-state index in [0.717, 1.165) is 30.5 Å². The van der Waals surface area contributed by atoms with Gasteiger partial charge in [-0.05, 0) is 43.4 Å². The van der Waals surface area contributed by atoms with E-state index in [9.17, 15) is 9.90 Å². The minimum absolute atomic E-state index is 0.151. The number of allylic oxidation sites excluding steroid dienone is 1. The number of methoxy groups -OCH3 is 2. The molecule has 132 valence electrons. The second kappa shape index (κ2) is 8.20. The van der Waals surface area contributed by atoms with Gasteiger partial charge in [-0.2, -0.15) is 0 Å². The third kappa shape index (κ3) is 4.09. The molecule has 0 aliphatic carbocycles. The molecule has 5 nitrogen and oxygen atoms in total. The van der Waals surface area contributed by atoms with Crippen LogP contribution in [0.25, 0.3) is 0 Å². The maximum atomic E-state index is 12.1. The van der Waals surface area contributed by atoms with Gasteiger partial charge in [0.15, 0.2) is 11.5 Å². The maximum Gasteiger partial charge on any atom is 0.323 e. The Kier molecular flexibility index (Phi) is 6.26. The lowest BCUT2D eigenvalue weighted by Gasteiger charge is -2.36. The predicted octanol–water partition coefficient (Wildman–Crippen LogP) is 2.90. The molecule has 1 aromatic rings. The van der Waals surface area contributed by atoms with Crippen LogP contribution in [0.1, 0.15) is 30.9 Å². The van der Waals surface area contributed by atoms with E-state index in [2.05, 4.69) is 18.4 Å². The average molecular weight is 333 g/mol. The molecular weight excluding hydrogens is 306 g/mol. The number of benzene rings is 1. The van der Waals surface area contributed by atoms with Gasteiger partial charge in [-0.3, -0.25) is 9.69 Å². The van der Waals surface area contributed by atoms with Gasteiger partial charge >= 0.3 is 5.97 Å². The van der Waals surface area contributed by atoms with Crippen molar-refractivity contribution in [3.05, 3.63) is 35.9 Å². The zero-order chi connectivity index (χ0) is 17.7. The molecule has 1 fully saturated rings. The summed E-state index contributed by atoms with van der Waals surface area (Å²) in [5, 5.41) is 10.2. The Morgan fingerprint density at radius 2 is 2.21 bits per heavy atom. The number of ether oxygens (including phenoxy) is 2. The first-order valence-corrected chi connectivity index (χ1v) is 8.31. The first-order chi connectivity index (χ1) is 11.5. The molecule has 2 rings (SSSR count). The minimum Gasteiger partial charge on any atom is -0.504 e. The molecule has 1 aliphatic heterocycles. The fraction of sp³-hybridized carbons (Fsp3) is 0.526. The number of piperidine rings is 1. The summed E-state index contributed by atoms with van der Waals surface area (Å²) in [5.41, 5.74) is 1.78. The van der Waals surface area contributed by atoms with Gasteiger partial charge in [-0.1, -0.05) is 19.1 Å². The largest absolute Gasteiger partial charge is 0.504 e. The molecule has 0 unspecified atom stereocenters. The van der Waals surface area contributed by atoms with Gasteiger partial charge in [-0.25, -0.2) is 0 Å². The molecule has 1 aliphatic rings. The van der Waals surface area contributed by atoms with Gasteiger partial charge in [0.25, 0.3) is 0 Å². The third-order valence-corrected chi connectivity index (χ3v) is 4.63. The van der Waals surface area contributed by atoms with Crippen LogP contribution in [0.3, 0.4) is 0 Å². The van der Waals surface area contributed by atoms with Crippen molar-refractivity contribution < 1.29 is 19.4 Å². The van der Waals surface area contributed by atoms with Gasteiger partial charge < -0.3 is 14.6 Å². The molecule has 1 aromatic carbocycles. The topological polar surface area (TPSA) is 59.0 Å². The van der Waals surface area contributed by atoms with Crippen molar-refractivity contribution in [3.8, 4) is 11.5 Å². The van der Waals surface area contributed by atoms with Crippen molar-refractivity contribution >= 4 is 5.97 Å². The molecule has 1 N–H and O–H groups in total. The molecular formula is C19H27NO4. The van der Waals surface area contributed by atoms with E-state index < -0.39 is 0 Å². The Balaban J connectivity index is 2.26. The highest BCUT2D eigenvalue weighted by molar-refractivity contribution is 5.75. The standard InChI is InChI=1S/C19H27NO4/c1-5-6-15-10-14(11-17(23-3)18(15)21)12-20-8-7-13(2)9-16(20)19(22)24-4/h5,10-11,13,16,21H,1,6-9,12H2,2-4H3/t13-,16+/m0/s1. The van der Waals surface area contributed by atoms with Crippen LogP contribution in [0, 0.1) is 5.92 Å². The minimum atomic E-state index is -0.221. The second-order valence-electron chi connectivity index (χ2n) is 6.44. The number of rotatable bonds is 6. The fourth-order valence-corrected chi connectivity index (χ4v) is 3.28. The van der Waals surface area contributed by atoms with Gasteiger partial charge in [0.1, 0.15) is 6.04 Å². The number of hydrogen-bond donors (Lipinski definition) is 1. The number of likely N-dealkylation sites (tertiary alicyclic amines) is 1. The molecule has 0 spiro atoms. The van der Waals surface area contributed by atoms with E-state index in [4.69, 9.17) is 9.47 Å². The van der Waals surface area contributed by atoms with E-state index in [1.807, 2.05) is 12.1 Å². The highest BCUT2D eigenvalue weighted by atomic mass is 16.5. The third-order valence-electron chi connectivity index (χ3n) is 4.63. The second-order valence-corrected chi connectivity index (χ2v) is 6.44. The smallest absolute Gasteiger partial charge is 0.323 e. The Labute approximate surface area is 143 Å². The van der Waals surface area contributed by atoms with E-state index in [0.29, 0.717) is 24.6 Å². The first kappa shape index (κ1) is 18.3. The Bertz CT molecular complexity index is 599. The number of phenols is 1. The maximum absolute atomic E-state index is 12.1. The lowest BCUT2D eigenvalue weighted by atomic mass is 9.92. The van der Waals surface area contributed by atoms with Gasteiger partial charge in [0.05, 0.1) is 14.2 Å². The Morgan fingerprint density at radius 1 is 1.46 bits per heavy atom. The molecule has 0 radical (unpaired) electrons. The zero-order valence-electron chi connectivity index (χ0n) is 14.7. The van der Waals surface area contributed by atoms with Gasteiger partial charge in [-0.15, -0.1) is 6.58 Å². The number of carbonyl (C=O) groups excluding carboxylic acids is 1. The monoisotopic (exact) mass is 333 g/mol. The molecule has 0 aromatic heterocycles.